The van der Waals surface area contributed by atoms with E-state index in [1.165, 1.54) is 13.1 Å². The van der Waals surface area contributed by atoms with Gasteiger partial charge in [0.15, 0.2) is 12.3 Å². The first-order valence-electron chi connectivity index (χ1n) is 9.63. The van der Waals surface area contributed by atoms with Crippen LogP contribution in [0.25, 0.3) is 0 Å². The Kier molecular flexibility index (Phi) is 6.88. The van der Waals surface area contributed by atoms with Crippen molar-refractivity contribution < 1.29 is 23.8 Å². The summed E-state index contributed by atoms with van der Waals surface area (Å²) in [6.07, 6.45) is -1.58. The monoisotopic (exact) mass is 444 g/mol. The van der Waals surface area contributed by atoms with E-state index in [4.69, 9.17) is 25.8 Å². The molecule has 0 spiro atoms. The highest BCUT2D eigenvalue weighted by atomic mass is 35.5. The van der Waals surface area contributed by atoms with Crippen molar-refractivity contribution in [3.05, 3.63) is 32.6 Å². The van der Waals surface area contributed by atoms with Gasteiger partial charge in [-0.15, -0.1) is 11.6 Å². The first-order chi connectivity index (χ1) is 13.6. The van der Waals surface area contributed by atoms with Crippen molar-refractivity contribution in [2.45, 2.75) is 72.3 Å². The van der Waals surface area contributed by atoms with Crippen LogP contribution in [-0.4, -0.2) is 45.7 Å². The minimum absolute atomic E-state index is 0.213. The molecule has 0 aromatic carbocycles. The molecule has 0 aliphatic carbocycles. The summed E-state index contributed by atoms with van der Waals surface area (Å²) in [6, 6.07) is 0. The van der Waals surface area contributed by atoms with E-state index >= 15 is 0 Å². The van der Waals surface area contributed by atoms with Gasteiger partial charge in [-0.3, -0.25) is 23.9 Å². The summed E-state index contributed by atoms with van der Waals surface area (Å²) >= 11 is 6.54. The Morgan fingerprint density at radius 2 is 1.70 bits per heavy atom. The molecule has 0 radical (unpaired) electrons. The second-order valence-corrected chi connectivity index (χ2v) is 9.96. The predicted molar refractivity (Wildman–Crippen MR) is 109 cm³/mol. The number of nitrogens with one attached hydrogen (secondary N) is 1. The molecule has 1 unspecified atom stereocenters. The molecule has 9 nitrogen and oxygen atoms in total. The molecule has 1 saturated heterocycles. The van der Waals surface area contributed by atoms with Crippen LogP contribution in [0.4, 0.5) is 0 Å². The summed E-state index contributed by atoms with van der Waals surface area (Å²) in [7, 11) is 0. The van der Waals surface area contributed by atoms with Gasteiger partial charge in [-0.1, -0.05) is 0 Å². The van der Waals surface area contributed by atoms with E-state index in [0.717, 1.165) is 4.57 Å². The standard InChI is InChI=1S/C20H29ClN2O7/c1-10-8-23(18(27)22-14(10)24)15-12(21)13(30-17(26)20(5,6)7)11(29-15)9-28-16(25)19(2,3)4/h8,11-13,15H,9H2,1-7H3,(H,22,24,27)/t11-,12-,13-,15?/m0/s1. The van der Waals surface area contributed by atoms with Crippen LogP contribution in [0.3, 0.4) is 0 Å². The molecule has 0 amide bonds. The second kappa shape index (κ2) is 8.55. The number of carbonyl (C=O) groups is 2. The zero-order valence-electron chi connectivity index (χ0n) is 18.3. The van der Waals surface area contributed by atoms with Gasteiger partial charge in [0.2, 0.25) is 0 Å². The number of aryl methyl sites for hydroxylation is 1. The van der Waals surface area contributed by atoms with Crippen molar-refractivity contribution in [1.82, 2.24) is 9.55 Å². The topological polar surface area (TPSA) is 117 Å². The average molecular weight is 445 g/mol. The summed E-state index contributed by atoms with van der Waals surface area (Å²) in [5.41, 5.74) is -2.48. The number of rotatable bonds is 4. The van der Waals surface area contributed by atoms with Crippen molar-refractivity contribution in [3.8, 4) is 0 Å². The van der Waals surface area contributed by atoms with Crippen LogP contribution in [0.15, 0.2) is 15.8 Å². The van der Waals surface area contributed by atoms with E-state index in [9.17, 15) is 19.2 Å². The van der Waals surface area contributed by atoms with Crippen LogP contribution in [-0.2, 0) is 23.8 Å². The molecular weight excluding hydrogens is 416 g/mol. The van der Waals surface area contributed by atoms with Crippen LogP contribution < -0.4 is 11.2 Å². The number of halogens is 1. The fourth-order valence-electron chi connectivity index (χ4n) is 2.64. The molecule has 1 N–H and O–H groups in total. The van der Waals surface area contributed by atoms with E-state index in [-0.39, 0.29) is 12.2 Å². The van der Waals surface area contributed by atoms with Crippen molar-refractivity contribution in [2.24, 2.45) is 10.8 Å². The lowest BCUT2D eigenvalue weighted by molar-refractivity contribution is -0.167. The van der Waals surface area contributed by atoms with Crippen LogP contribution >= 0.6 is 11.6 Å². The molecule has 2 rings (SSSR count). The summed E-state index contributed by atoms with van der Waals surface area (Å²) in [5, 5.41) is -0.961. The fraction of sp³-hybridized carbons (Fsp3) is 0.700. The van der Waals surface area contributed by atoms with Crippen LogP contribution in [0.2, 0.25) is 0 Å². The van der Waals surface area contributed by atoms with Gasteiger partial charge >= 0.3 is 17.6 Å². The van der Waals surface area contributed by atoms with Crippen molar-refractivity contribution in [3.63, 3.8) is 0 Å². The normalized spacial score (nSPS) is 24.5. The van der Waals surface area contributed by atoms with E-state index in [1.807, 2.05) is 0 Å². The first kappa shape index (κ1) is 24.1. The number of alkyl halides is 1. The van der Waals surface area contributed by atoms with Gasteiger partial charge in [-0.25, -0.2) is 4.79 Å². The van der Waals surface area contributed by atoms with Gasteiger partial charge in [0.1, 0.15) is 18.1 Å². The number of aromatic amines is 1. The van der Waals surface area contributed by atoms with E-state index in [0.29, 0.717) is 0 Å². The van der Waals surface area contributed by atoms with Crippen molar-refractivity contribution in [2.75, 3.05) is 6.61 Å². The summed E-state index contributed by atoms with van der Waals surface area (Å²) in [5.74, 6) is -0.974. The maximum absolute atomic E-state index is 12.5. The van der Waals surface area contributed by atoms with Gasteiger partial charge in [0, 0.05) is 11.8 Å². The number of nitrogens with zero attached hydrogens (tertiary/aromatic N) is 1. The molecule has 1 aromatic heterocycles. The summed E-state index contributed by atoms with van der Waals surface area (Å²) in [4.78, 5) is 50.8. The highest BCUT2D eigenvalue weighted by Gasteiger charge is 2.49. The number of aromatic nitrogens is 2. The number of hydrogen-bond donors (Lipinski definition) is 1. The van der Waals surface area contributed by atoms with E-state index in [2.05, 4.69) is 4.98 Å². The van der Waals surface area contributed by atoms with Crippen LogP contribution in [0.5, 0.6) is 0 Å². The number of carbonyl (C=O) groups excluding carboxylic acids is 2. The maximum Gasteiger partial charge on any atom is 0.330 e. The Morgan fingerprint density at radius 3 is 2.23 bits per heavy atom. The molecule has 1 fully saturated rings. The highest BCUT2D eigenvalue weighted by Crippen LogP contribution is 2.36. The second-order valence-electron chi connectivity index (χ2n) is 9.46. The lowest BCUT2D eigenvalue weighted by atomic mass is 9.97. The number of esters is 2. The van der Waals surface area contributed by atoms with E-state index in [1.54, 1.807) is 41.5 Å². The Morgan fingerprint density at radius 1 is 1.13 bits per heavy atom. The molecular formula is C20H29ClN2O7. The number of ether oxygens (including phenoxy) is 3. The zero-order valence-corrected chi connectivity index (χ0v) is 19.0. The smallest absolute Gasteiger partial charge is 0.330 e. The Balaban J connectivity index is 2.34. The van der Waals surface area contributed by atoms with Gasteiger partial charge in [-0.2, -0.15) is 0 Å². The molecule has 0 saturated carbocycles. The SMILES string of the molecule is Cc1cn(C2O[C@@H](COC(=O)C(C)(C)C)[C@H](OC(=O)C(C)(C)C)[C@@H]2Cl)c(=O)[nH]c1=O. The lowest BCUT2D eigenvalue weighted by Crippen LogP contribution is -2.40. The highest BCUT2D eigenvalue weighted by molar-refractivity contribution is 6.21. The molecule has 1 aliphatic rings. The first-order valence-corrected chi connectivity index (χ1v) is 10.1. The Hall–Kier alpha value is -2.13. The predicted octanol–water partition coefficient (Wildman–Crippen LogP) is 1.90. The van der Waals surface area contributed by atoms with Crippen molar-refractivity contribution >= 4 is 23.5 Å². The Labute approximate surface area is 179 Å². The van der Waals surface area contributed by atoms with Gasteiger partial charge in [0.25, 0.3) is 5.56 Å². The van der Waals surface area contributed by atoms with Crippen LogP contribution in [0, 0.1) is 17.8 Å². The van der Waals surface area contributed by atoms with Crippen LogP contribution in [0.1, 0.15) is 53.3 Å². The van der Waals surface area contributed by atoms with Crippen molar-refractivity contribution in [1.29, 1.82) is 0 Å². The zero-order chi connectivity index (χ0) is 23.0. The molecule has 1 aliphatic heterocycles. The minimum Gasteiger partial charge on any atom is -0.462 e. The maximum atomic E-state index is 12.5. The quantitative estimate of drug-likeness (QED) is 0.556. The summed E-state index contributed by atoms with van der Waals surface area (Å²) < 4.78 is 17.9. The average Bonchev–Trinajstić information content (AvgIpc) is 2.90. The van der Waals surface area contributed by atoms with E-state index < -0.39 is 57.8 Å². The summed E-state index contributed by atoms with van der Waals surface area (Å²) in [6.45, 7) is 11.5. The largest absolute Gasteiger partial charge is 0.462 e. The van der Waals surface area contributed by atoms with Gasteiger partial charge in [-0.05, 0) is 48.5 Å². The fourth-order valence-corrected chi connectivity index (χ4v) is 3.04. The third kappa shape index (κ3) is 5.31. The third-order valence-corrected chi connectivity index (χ3v) is 5.00. The molecule has 1 aromatic rings. The molecule has 4 atom stereocenters. The minimum atomic E-state index is -1.04. The molecule has 168 valence electrons. The number of H-pyrrole nitrogens is 1. The lowest BCUT2D eigenvalue weighted by Gasteiger charge is -2.25. The Bertz CT molecular complexity index is 923. The number of hydrogen-bond acceptors (Lipinski definition) is 7. The molecule has 0 bridgehead atoms. The molecule has 30 heavy (non-hydrogen) atoms. The molecule has 2 heterocycles. The van der Waals surface area contributed by atoms with Gasteiger partial charge < -0.3 is 14.2 Å². The molecule has 10 heteroatoms. The third-order valence-electron chi connectivity index (χ3n) is 4.53. The van der Waals surface area contributed by atoms with Gasteiger partial charge in [0.05, 0.1) is 10.8 Å².